The van der Waals surface area contributed by atoms with E-state index in [2.05, 4.69) is 4.74 Å². The van der Waals surface area contributed by atoms with Crippen LogP contribution in [0.1, 0.15) is 26.2 Å². The van der Waals surface area contributed by atoms with E-state index in [1.807, 2.05) is 0 Å². The van der Waals surface area contributed by atoms with Gasteiger partial charge in [-0.2, -0.15) is 8.78 Å². The van der Waals surface area contributed by atoms with Gasteiger partial charge in [0, 0.05) is 6.54 Å². The third-order valence-corrected chi connectivity index (χ3v) is 3.57. The lowest BCUT2D eigenvalue weighted by Gasteiger charge is -2.33. The SMILES string of the molecule is CC(=O)C1CCCCN1C(=O)Oc1c(F)c(F)c(F)c(F)c1F. The largest absolute Gasteiger partial charge is 0.416 e. The van der Waals surface area contributed by atoms with Gasteiger partial charge in [-0.3, -0.25) is 9.69 Å². The predicted molar refractivity (Wildman–Crippen MR) is 67.3 cm³/mol. The van der Waals surface area contributed by atoms with Crippen molar-refractivity contribution in [2.75, 3.05) is 6.54 Å². The van der Waals surface area contributed by atoms with Crippen LogP contribution in [0.4, 0.5) is 26.7 Å². The minimum atomic E-state index is -2.35. The number of benzene rings is 1. The molecule has 1 atom stereocenters. The molecule has 1 unspecified atom stereocenters. The molecule has 23 heavy (non-hydrogen) atoms. The van der Waals surface area contributed by atoms with E-state index in [4.69, 9.17) is 0 Å². The van der Waals surface area contributed by atoms with E-state index in [1.54, 1.807) is 0 Å². The van der Waals surface area contributed by atoms with Gasteiger partial charge in [0.05, 0.1) is 6.04 Å². The van der Waals surface area contributed by atoms with Crippen LogP contribution in [0, 0.1) is 29.1 Å². The highest BCUT2D eigenvalue weighted by Crippen LogP contribution is 2.30. The van der Waals surface area contributed by atoms with Crippen LogP contribution >= 0.6 is 0 Å². The van der Waals surface area contributed by atoms with Crippen LogP contribution in [-0.4, -0.2) is 29.4 Å². The first-order chi connectivity index (χ1) is 10.8. The summed E-state index contributed by atoms with van der Waals surface area (Å²) in [5.41, 5.74) is 0. The molecule has 4 nitrogen and oxygen atoms in total. The number of nitrogens with zero attached hydrogens (tertiary/aromatic N) is 1. The van der Waals surface area contributed by atoms with Crippen LogP contribution in [0.15, 0.2) is 0 Å². The van der Waals surface area contributed by atoms with Gasteiger partial charge >= 0.3 is 6.09 Å². The summed E-state index contributed by atoms with van der Waals surface area (Å²) in [5, 5.41) is 0. The Morgan fingerprint density at radius 2 is 1.48 bits per heavy atom. The van der Waals surface area contributed by atoms with Crippen LogP contribution in [0.5, 0.6) is 5.75 Å². The maximum Gasteiger partial charge on any atom is 0.416 e. The van der Waals surface area contributed by atoms with Gasteiger partial charge in [-0.25, -0.2) is 18.0 Å². The molecule has 9 heteroatoms. The number of ketones is 1. The minimum absolute atomic E-state index is 0.0818. The molecular weight excluding hydrogens is 325 g/mol. The number of piperidine rings is 1. The number of rotatable bonds is 2. The second-order valence-corrected chi connectivity index (χ2v) is 5.08. The van der Waals surface area contributed by atoms with Crippen molar-refractivity contribution in [3.63, 3.8) is 0 Å². The first-order valence-corrected chi connectivity index (χ1v) is 6.76. The molecule has 0 radical (unpaired) electrons. The summed E-state index contributed by atoms with van der Waals surface area (Å²) in [7, 11) is 0. The maximum atomic E-state index is 13.5. The smallest absolute Gasteiger partial charge is 0.404 e. The average Bonchev–Trinajstić information content (AvgIpc) is 2.54. The van der Waals surface area contributed by atoms with E-state index in [-0.39, 0.29) is 12.3 Å². The molecular formula is C14H12F5NO3. The van der Waals surface area contributed by atoms with Crippen molar-refractivity contribution >= 4 is 11.9 Å². The van der Waals surface area contributed by atoms with Gasteiger partial charge in [0.15, 0.2) is 5.78 Å². The molecule has 1 aromatic carbocycles. The Kier molecular flexibility index (Phi) is 4.86. The van der Waals surface area contributed by atoms with Crippen LogP contribution in [0.25, 0.3) is 0 Å². The summed E-state index contributed by atoms with van der Waals surface area (Å²) >= 11 is 0. The molecule has 0 N–H and O–H groups in total. The Bertz CT molecular complexity index is 635. The molecule has 1 heterocycles. The van der Waals surface area contributed by atoms with Crippen molar-refractivity contribution in [3.8, 4) is 5.75 Å². The zero-order valence-electron chi connectivity index (χ0n) is 12.0. The van der Waals surface area contributed by atoms with E-state index in [0.717, 1.165) is 4.90 Å². The number of hydrogen-bond donors (Lipinski definition) is 0. The Balaban J connectivity index is 2.32. The monoisotopic (exact) mass is 337 g/mol. The molecule has 1 aliphatic rings. The van der Waals surface area contributed by atoms with E-state index in [9.17, 15) is 31.5 Å². The highest BCUT2D eigenvalue weighted by Gasteiger charge is 2.34. The highest BCUT2D eigenvalue weighted by molar-refractivity contribution is 5.86. The highest BCUT2D eigenvalue weighted by atomic mass is 19.2. The third-order valence-electron chi connectivity index (χ3n) is 3.57. The topological polar surface area (TPSA) is 46.6 Å². The summed E-state index contributed by atoms with van der Waals surface area (Å²) in [6.45, 7) is 1.31. The molecule has 1 saturated heterocycles. The molecule has 2 rings (SSSR count). The number of ether oxygens (including phenoxy) is 1. The fraction of sp³-hybridized carbons (Fsp3) is 0.429. The summed E-state index contributed by atoms with van der Waals surface area (Å²) < 4.78 is 70.4. The Labute approximate surface area is 127 Å². The van der Waals surface area contributed by atoms with Gasteiger partial charge in [0.2, 0.25) is 34.8 Å². The molecule has 1 amide bonds. The van der Waals surface area contributed by atoms with Crippen LogP contribution in [0.3, 0.4) is 0 Å². The molecule has 0 aliphatic carbocycles. The number of hydrogen-bond acceptors (Lipinski definition) is 3. The Morgan fingerprint density at radius 1 is 0.957 bits per heavy atom. The number of likely N-dealkylation sites (tertiary alicyclic amines) is 1. The van der Waals surface area contributed by atoms with Crippen molar-refractivity contribution in [1.82, 2.24) is 4.90 Å². The molecule has 0 spiro atoms. The average molecular weight is 337 g/mol. The fourth-order valence-corrected chi connectivity index (χ4v) is 2.39. The number of Topliss-reactive ketones (excluding diaryl/α,β-unsaturated/α-hetero) is 1. The van der Waals surface area contributed by atoms with Gasteiger partial charge in [-0.15, -0.1) is 0 Å². The van der Waals surface area contributed by atoms with Crippen molar-refractivity contribution < 1.29 is 36.3 Å². The lowest BCUT2D eigenvalue weighted by Crippen LogP contribution is -2.48. The molecule has 1 fully saturated rings. The molecule has 126 valence electrons. The summed E-state index contributed by atoms with van der Waals surface area (Å²) in [6, 6.07) is -0.850. The fourth-order valence-electron chi connectivity index (χ4n) is 2.39. The van der Waals surface area contributed by atoms with Gasteiger partial charge in [0.1, 0.15) is 0 Å². The normalized spacial score (nSPS) is 18.0. The van der Waals surface area contributed by atoms with E-state index in [1.165, 1.54) is 6.92 Å². The van der Waals surface area contributed by atoms with E-state index >= 15 is 0 Å². The number of amides is 1. The predicted octanol–water partition coefficient (Wildman–Crippen LogP) is 3.32. The standard InChI is InChI=1S/C14H12F5NO3/c1-6(21)7-4-2-3-5-20(7)14(22)23-13-11(18)9(16)8(15)10(17)12(13)19/h7H,2-5H2,1H3. The van der Waals surface area contributed by atoms with Crippen molar-refractivity contribution in [2.24, 2.45) is 0 Å². The Hall–Kier alpha value is -2.19. The molecule has 0 saturated carbocycles. The zero-order chi connectivity index (χ0) is 17.3. The van der Waals surface area contributed by atoms with Crippen molar-refractivity contribution in [1.29, 1.82) is 0 Å². The lowest BCUT2D eigenvalue weighted by molar-refractivity contribution is -0.122. The number of halogens is 5. The number of carbonyl (C=O) groups excluding carboxylic acids is 2. The quantitative estimate of drug-likeness (QED) is 0.472. The first-order valence-electron chi connectivity index (χ1n) is 6.76. The zero-order valence-corrected chi connectivity index (χ0v) is 12.0. The molecule has 0 bridgehead atoms. The minimum Gasteiger partial charge on any atom is -0.404 e. The van der Waals surface area contributed by atoms with E-state index < -0.39 is 47.0 Å². The maximum absolute atomic E-state index is 13.5. The second kappa shape index (κ2) is 6.51. The molecule has 1 aliphatic heterocycles. The van der Waals surface area contributed by atoms with Crippen molar-refractivity contribution in [3.05, 3.63) is 29.1 Å². The Morgan fingerprint density at radius 3 is 2.00 bits per heavy atom. The van der Waals surface area contributed by atoms with Crippen molar-refractivity contribution in [2.45, 2.75) is 32.2 Å². The van der Waals surface area contributed by atoms with Gasteiger partial charge < -0.3 is 4.74 Å². The summed E-state index contributed by atoms with van der Waals surface area (Å²) in [5.74, 6) is -13.3. The lowest BCUT2D eigenvalue weighted by atomic mass is 10.00. The number of carbonyl (C=O) groups is 2. The van der Waals surface area contributed by atoms with Crippen LogP contribution in [0.2, 0.25) is 0 Å². The second-order valence-electron chi connectivity index (χ2n) is 5.08. The third kappa shape index (κ3) is 3.13. The summed E-state index contributed by atoms with van der Waals surface area (Å²) in [4.78, 5) is 24.4. The van der Waals surface area contributed by atoms with Gasteiger partial charge in [-0.1, -0.05) is 0 Å². The van der Waals surface area contributed by atoms with Gasteiger partial charge in [0.25, 0.3) is 0 Å². The molecule has 0 aromatic heterocycles. The first kappa shape index (κ1) is 17.2. The molecule has 1 aromatic rings. The summed E-state index contributed by atoms with van der Waals surface area (Å²) in [6.07, 6.45) is 0.182. The van der Waals surface area contributed by atoms with Crippen LogP contribution in [-0.2, 0) is 4.79 Å². The van der Waals surface area contributed by atoms with Crippen LogP contribution < -0.4 is 4.74 Å². The van der Waals surface area contributed by atoms with Gasteiger partial charge in [-0.05, 0) is 26.2 Å². The van der Waals surface area contributed by atoms with E-state index in [0.29, 0.717) is 19.3 Å².